The number of anilines is 1. The number of aliphatic hydroxyl groups is 1. The summed E-state index contributed by atoms with van der Waals surface area (Å²) in [6.07, 6.45) is 4.87. The van der Waals surface area contributed by atoms with Gasteiger partial charge in [-0.25, -0.2) is 0 Å². The quantitative estimate of drug-likeness (QED) is 0.769. The molecule has 0 amide bonds. The summed E-state index contributed by atoms with van der Waals surface area (Å²) >= 11 is 0. The van der Waals surface area contributed by atoms with Gasteiger partial charge in [0.1, 0.15) is 0 Å². The Morgan fingerprint density at radius 1 is 1.05 bits per heavy atom. The van der Waals surface area contributed by atoms with Gasteiger partial charge in [-0.3, -0.25) is 0 Å². The molecule has 4 nitrogen and oxygen atoms in total. The number of ether oxygens (including phenoxy) is 2. The average molecular weight is 307 g/mol. The third kappa shape index (κ3) is 4.54. The van der Waals surface area contributed by atoms with Crippen LogP contribution in [-0.4, -0.2) is 31.5 Å². The first kappa shape index (κ1) is 16.9. The first-order valence-electron chi connectivity index (χ1n) is 8.52. The minimum absolute atomic E-state index is 0.305. The SMILES string of the molecule is CCOc1ccc(NCC2CCCCC2CO)cc1OCC. The Bertz CT molecular complexity index is 450. The van der Waals surface area contributed by atoms with E-state index in [9.17, 15) is 5.11 Å². The topological polar surface area (TPSA) is 50.7 Å². The van der Waals surface area contributed by atoms with E-state index in [4.69, 9.17) is 9.47 Å². The third-order valence-corrected chi connectivity index (χ3v) is 4.41. The zero-order valence-corrected chi connectivity index (χ0v) is 13.8. The van der Waals surface area contributed by atoms with Crippen LogP contribution in [0.15, 0.2) is 18.2 Å². The Morgan fingerprint density at radius 2 is 1.73 bits per heavy atom. The van der Waals surface area contributed by atoms with Gasteiger partial charge in [-0.15, -0.1) is 0 Å². The van der Waals surface area contributed by atoms with E-state index in [1.54, 1.807) is 0 Å². The molecule has 124 valence electrons. The molecule has 22 heavy (non-hydrogen) atoms. The minimum Gasteiger partial charge on any atom is -0.490 e. The van der Waals surface area contributed by atoms with E-state index in [1.165, 1.54) is 19.3 Å². The number of benzene rings is 1. The first-order valence-corrected chi connectivity index (χ1v) is 8.52. The van der Waals surface area contributed by atoms with Crippen molar-refractivity contribution in [3.63, 3.8) is 0 Å². The van der Waals surface area contributed by atoms with Crippen molar-refractivity contribution < 1.29 is 14.6 Å². The summed E-state index contributed by atoms with van der Waals surface area (Å²) in [6, 6.07) is 6.00. The predicted molar refractivity (Wildman–Crippen MR) is 89.8 cm³/mol. The molecule has 0 aliphatic heterocycles. The Morgan fingerprint density at radius 3 is 2.41 bits per heavy atom. The van der Waals surface area contributed by atoms with Gasteiger partial charge in [0.05, 0.1) is 13.2 Å². The van der Waals surface area contributed by atoms with Crippen LogP contribution < -0.4 is 14.8 Å². The van der Waals surface area contributed by atoms with Crippen LogP contribution in [0.3, 0.4) is 0 Å². The molecule has 0 saturated heterocycles. The first-order chi connectivity index (χ1) is 10.8. The molecule has 2 atom stereocenters. The molecule has 1 saturated carbocycles. The van der Waals surface area contributed by atoms with Crippen molar-refractivity contribution in [1.29, 1.82) is 0 Å². The highest BCUT2D eigenvalue weighted by Gasteiger charge is 2.24. The molecule has 2 unspecified atom stereocenters. The molecule has 1 aromatic rings. The van der Waals surface area contributed by atoms with Gasteiger partial charge in [0.2, 0.25) is 0 Å². The Balaban J connectivity index is 1.98. The highest BCUT2D eigenvalue weighted by atomic mass is 16.5. The second-order valence-corrected chi connectivity index (χ2v) is 5.90. The zero-order valence-electron chi connectivity index (χ0n) is 13.8. The summed E-state index contributed by atoms with van der Waals surface area (Å²) in [7, 11) is 0. The maximum atomic E-state index is 9.50. The largest absolute Gasteiger partial charge is 0.490 e. The fourth-order valence-electron chi connectivity index (χ4n) is 3.20. The van der Waals surface area contributed by atoms with Crippen LogP contribution >= 0.6 is 0 Å². The average Bonchev–Trinajstić information content (AvgIpc) is 2.55. The molecular formula is C18H29NO3. The molecule has 1 aliphatic rings. The molecule has 0 aromatic heterocycles. The van der Waals surface area contributed by atoms with Gasteiger partial charge in [-0.1, -0.05) is 12.8 Å². The lowest BCUT2D eigenvalue weighted by Crippen LogP contribution is -2.28. The number of hydrogen-bond donors (Lipinski definition) is 2. The smallest absolute Gasteiger partial charge is 0.163 e. The Hall–Kier alpha value is -1.42. The van der Waals surface area contributed by atoms with Gasteiger partial charge in [0.15, 0.2) is 11.5 Å². The van der Waals surface area contributed by atoms with Crippen molar-refractivity contribution in [2.24, 2.45) is 11.8 Å². The second kappa shape index (κ2) is 8.89. The van der Waals surface area contributed by atoms with Crippen LogP contribution in [0.4, 0.5) is 5.69 Å². The maximum absolute atomic E-state index is 9.50. The van der Waals surface area contributed by atoms with Crippen molar-refractivity contribution >= 4 is 5.69 Å². The molecule has 0 bridgehead atoms. The third-order valence-electron chi connectivity index (χ3n) is 4.41. The van der Waals surface area contributed by atoms with Gasteiger partial charge in [0, 0.05) is 24.9 Å². The van der Waals surface area contributed by atoms with E-state index in [1.807, 2.05) is 32.0 Å². The summed E-state index contributed by atoms with van der Waals surface area (Å²) in [5.74, 6) is 2.58. The molecule has 0 spiro atoms. The van der Waals surface area contributed by atoms with Crippen LogP contribution in [0.5, 0.6) is 11.5 Å². The van der Waals surface area contributed by atoms with Gasteiger partial charge < -0.3 is 19.9 Å². The van der Waals surface area contributed by atoms with E-state index in [0.717, 1.165) is 30.2 Å². The molecule has 0 radical (unpaired) electrons. The molecule has 1 aromatic carbocycles. The van der Waals surface area contributed by atoms with Crippen molar-refractivity contribution in [3.8, 4) is 11.5 Å². The summed E-state index contributed by atoms with van der Waals surface area (Å²) in [4.78, 5) is 0. The normalized spacial score (nSPS) is 21.4. The van der Waals surface area contributed by atoms with Crippen LogP contribution in [0.25, 0.3) is 0 Å². The Kier molecular flexibility index (Phi) is 6.84. The fraction of sp³-hybridized carbons (Fsp3) is 0.667. The molecular weight excluding hydrogens is 278 g/mol. The van der Waals surface area contributed by atoms with Crippen LogP contribution in [0.2, 0.25) is 0 Å². The maximum Gasteiger partial charge on any atom is 0.163 e. The summed E-state index contributed by atoms with van der Waals surface area (Å²) in [6.45, 7) is 6.42. The lowest BCUT2D eigenvalue weighted by atomic mass is 9.79. The molecule has 2 rings (SSSR count). The van der Waals surface area contributed by atoms with Crippen molar-refractivity contribution in [2.75, 3.05) is 31.7 Å². The van der Waals surface area contributed by atoms with E-state index >= 15 is 0 Å². The second-order valence-electron chi connectivity index (χ2n) is 5.90. The lowest BCUT2D eigenvalue weighted by molar-refractivity contribution is 0.141. The van der Waals surface area contributed by atoms with E-state index in [0.29, 0.717) is 31.7 Å². The summed E-state index contributed by atoms with van der Waals surface area (Å²) < 4.78 is 11.2. The van der Waals surface area contributed by atoms with E-state index < -0.39 is 0 Å². The predicted octanol–water partition coefficient (Wildman–Crippen LogP) is 3.69. The van der Waals surface area contributed by atoms with Crippen LogP contribution in [0.1, 0.15) is 39.5 Å². The van der Waals surface area contributed by atoms with E-state index in [2.05, 4.69) is 5.32 Å². The zero-order chi connectivity index (χ0) is 15.8. The summed E-state index contributed by atoms with van der Waals surface area (Å²) in [5, 5.41) is 13.0. The highest BCUT2D eigenvalue weighted by molar-refractivity contribution is 5.54. The molecule has 2 N–H and O–H groups in total. The van der Waals surface area contributed by atoms with Crippen molar-refractivity contribution in [2.45, 2.75) is 39.5 Å². The van der Waals surface area contributed by atoms with Gasteiger partial charge in [0.25, 0.3) is 0 Å². The molecule has 1 fully saturated rings. The standard InChI is InChI=1S/C18H29NO3/c1-3-21-17-10-9-16(11-18(17)22-4-2)19-12-14-7-5-6-8-15(14)13-20/h9-11,14-15,19-20H,3-8,12-13H2,1-2H3. The highest BCUT2D eigenvalue weighted by Crippen LogP contribution is 2.32. The van der Waals surface area contributed by atoms with Crippen LogP contribution in [0, 0.1) is 11.8 Å². The number of aliphatic hydroxyl groups excluding tert-OH is 1. The molecule has 0 heterocycles. The number of hydrogen-bond acceptors (Lipinski definition) is 4. The van der Waals surface area contributed by atoms with Gasteiger partial charge >= 0.3 is 0 Å². The summed E-state index contributed by atoms with van der Waals surface area (Å²) in [5.41, 5.74) is 1.05. The van der Waals surface area contributed by atoms with Crippen molar-refractivity contribution in [1.82, 2.24) is 0 Å². The number of nitrogens with one attached hydrogen (secondary N) is 1. The fourth-order valence-corrected chi connectivity index (χ4v) is 3.20. The number of rotatable bonds is 8. The van der Waals surface area contributed by atoms with Crippen LogP contribution in [-0.2, 0) is 0 Å². The van der Waals surface area contributed by atoms with Gasteiger partial charge in [-0.2, -0.15) is 0 Å². The minimum atomic E-state index is 0.305. The van der Waals surface area contributed by atoms with E-state index in [-0.39, 0.29) is 0 Å². The Labute approximate surface area is 133 Å². The molecule has 1 aliphatic carbocycles. The molecule has 4 heteroatoms. The van der Waals surface area contributed by atoms with Crippen molar-refractivity contribution in [3.05, 3.63) is 18.2 Å². The lowest BCUT2D eigenvalue weighted by Gasteiger charge is -2.30. The van der Waals surface area contributed by atoms with Gasteiger partial charge in [-0.05, 0) is 50.7 Å². The monoisotopic (exact) mass is 307 g/mol.